The first kappa shape index (κ1) is 13.1. The zero-order valence-corrected chi connectivity index (χ0v) is 7.63. The molecule has 6 nitrogen and oxygen atoms in total. The molecule has 1 amide bonds. The van der Waals surface area contributed by atoms with Crippen LogP contribution in [-0.2, 0) is 4.79 Å². The predicted octanol–water partition coefficient (Wildman–Crippen LogP) is -2.63. The van der Waals surface area contributed by atoms with Crippen LogP contribution in [0.3, 0.4) is 0 Å². The molecular weight excluding hydrogens is 190 g/mol. The molecule has 0 saturated carbocycles. The highest BCUT2D eigenvalue weighted by atomic mass is 16.3. The highest BCUT2D eigenvalue weighted by molar-refractivity contribution is 5.77. The highest BCUT2D eigenvalue weighted by Crippen LogP contribution is 1.95. The van der Waals surface area contributed by atoms with Gasteiger partial charge in [0.2, 0.25) is 5.91 Å². The van der Waals surface area contributed by atoms with E-state index in [2.05, 4.69) is 5.32 Å². The minimum Gasteiger partial charge on any atom is -0.394 e. The average Bonchev–Trinajstić information content (AvgIpc) is 2.21. The van der Waals surface area contributed by atoms with Gasteiger partial charge in [-0.1, -0.05) is 12.2 Å². The molecule has 2 unspecified atom stereocenters. The third-order valence-electron chi connectivity index (χ3n) is 1.54. The molecule has 6 heteroatoms. The second-order valence-electron chi connectivity index (χ2n) is 2.62. The lowest BCUT2D eigenvalue weighted by Crippen LogP contribution is -2.46. The Bertz CT molecular complexity index is 194. The Hall–Kier alpha value is -0.950. The van der Waals surface area contributed by atoms with Gasteiger partial charge in [-0.2, -0.15) is 0 Å². The molecule has 0 fully saturated rings. The molecular formula is C8H15NO5. The van der Waals surface area contributed by atoms with Crippen LogP contribution in [0.25, 0.3) is 0 Å². The molecule has 0 aliphatic carbocycles. The molecule has 0 saturated heterocycles. The molecule has 0 rings (SSSR count). The monoisotopic (exact) mass is 205 g/mol. The van der Waals surface area contributed by atoms with Crippen molar-refractivity contribution in [1.29, 1.82) is 0 Å². The number of rotatable bonds is 6. The maximum Gasteiger partial charge on any atom is 0.246 e. The molecule has 82 valence electrons. The van der Waals surface area contributed by atoms with Crippen LogP contribution in [-0.4, -0.2) is 58.3 Å². The number of hydrogen-bond donors (Lipinski definition) is 5. The van der Waals surface area contributed by atoms with Crippen LogP contribution in [0.15, 0.2) is 12.2 Å². The average molecular weight is 205 g/mol. The lowest BCUT2D eigenvalue weighted by molar-refractivity contribution is -0.125. The van der Waals surface area contributed by atoms with Crippen LogP contribution >= 0.6 is 0 Å². The molecule has 0 aliphatic rings. The number of aliphatic hydroxyl groups is 4. The third kappa shape index (κ3) is 4.93. The minimum absolute atomic E-state index is 0.233. The Morgan fingerprint density at radius 2 is 2.00 bits per heavy atom. The Labute approximate surface area is 81.5 Å². The van der Waals surface area contributed by atoms with E-state index in [9.17, 15) is 9.90 Å². The summed E-state index contributed by atoms with van der Waals surface area (Å²) in [5.74, 6) is -0.680. The number of carbonyl (C=O) groups is 1. The summed E-state index contributed by atoms with van der Waals surface area (Å²) in [4.78, 5) is 10.7. The number of carbonyl (C=O) groups excluding carboxylic acids is 1. The van der Waals surface area contributed by atoms with Crippen LogP contribution < -0.4 is 5.32 Å². The molecule has 0 aromatic rings. The van der Waals surface area contributed by atoms with Gasteiger partial charge in [-0.25, -0.2) is 0 Å². The summed E-state index contributed by atoms with van der Waals surface area (Å²) in [6.45, 7) is -1.39. The normalized spacial score (nSPS) is 15.4. The van der Waals surface area contributed by atoms with Gasteiger partial charge in [0.15, 0.2) is 0 Å². The van der Waals surface area contributed by atoms with Crippen molar-refractivity contribution in [2.75, 3.05) is 19.8 Å². The van der Waals surface area contributed by atoms with E-state index in [0.29, 0.717) is 0 Å². The number of amides is 1. The van der Waals surface area contributed by atoms with E-state index in [4.69, 9.17) is 15.3 Å². The largest absolute Gasteiger partial charge is 0.394 e. The minimum atomic E-state index is -1.09. The van der Waals surface area contributed by atoms with Crippen LogP contribution in [0.5, 0.6) is 0 Å². The van der Waals surface area contributed by atoms with Gasteiger partial charge in [-0.15, -0.1) is 0 Å². The van der Waals surface area contributed by atoms with Crippen molar-refractivity contribution >= 4 is 5.91 Å². The molecule has 5 N–H and O–H groups in total. The first-order chi connectivity index (χ1) is 6.65. The molecule has 0 aromatic heterocycles. The van der Waals surface area contributed by atoms with E-state index in [1.165, 1.54) is 12.2 Å². The molecule has 14 heavy (non-hydrogen) atoms. The Balaban J connectivity index is 4.11. The summed E-state index contributed by atoms with van der Waals surface area (Å²) in [6, 6.07) is -0.877. The van der Waals surface area contributed by atoms with E-state index in [0.717, 1.165) is 0 Å². The Morgan fingerprint density at radius 3 is 2.43 bits per heavy atom. The van der Waals surface area contributed by atoms with Gasteiger partial charge < -0.3 is 25.7 Å². The summed E-state index contributed by atoms with van der Waals surface area (Å²) in [5.41, 5.74) is 0. The van der Waals surface area contributed by atoms with Crippen molar-refractivity contribution in [2.45, 2.75) is 12.1 Å². The maximum absolute atomic E-state index is 10.7. The number of aliphatic hydroxyl groups excluding tert-OH is 4. The van der Waals surface area contributed by atoms with Gasteiger partial charge in [0.25, 0.3) is 0 Å². The SMILES string of the molecule is O=C(CO)NC(CO)C(O)C=CCO. The van der Waals surface area contributed by atoms with E-state index < -0.39 is 31.3 Å². The van der Waals surface area contributed by atoms with Crippen LogP contribution in [0.1, 0.15) is 0 Å². The summed E-state index contributed by atoms with van der Waals surface area (Å²) >= 11 is 0. The van der Waals surface area contributed by atoms with Gasteiger partial charge in [0.05, 0.1) is 25.4 Å². The summed E-state index contributed by atoms with van der Waals surface area (Å²) < 4.78 is 0. The van der Waals surface area contributed by atoms with Crippen LogP contribution in [0.4, 0.5) is 0 Å². The van der Waals surface area contributed by atoms with E-state index in [-0.39, 0.29) is 6.61 Å². The van der Waals surface area contributed by atoms with Gasteiger partial charge in [-0.05, 0) is 0 Å². The first-order valence-electron chi connectivity index (χ1n) is 4.12. The fourth-order valence-electron chi connectivity index (χ4n) is 0.826. The zero-order chi connectivity index (χ0) is 11.0. The van der Waals surface area contributed by atoms with Crippen molar-refractivity contribution in [3.8, 4) is 0 Å². The molecule has 0 heterocycles. The van der Waals surface area contributed by atoms with E-state index >= 15 is 0 Å². The van der Waals surface area contributed by atoms with Gasteiger partial charge >= 0.3 is 0 Å². The van der Waals surface area contributed by atoms with E-state index in [1.54, 1.807) is 0 Å². The van der Waals surface area contributed by atoms with Crippen LogP contribution in [0, 0.1) is 0 Å². The molecule has 0 radical (unpaired) electrons. The molecule has 0 aliphatic heterocycles. The Kier molecular flexibility index (Phi) is 6.95. The van der Waals surface area contributed by atoms with Gasteiger partial charge in [0.1, 0.15) is 6.61 Å². The second-order valence-corrected chi connectivity index (χ2v) is 2.62. The molecule has 0 aromatic carbocycles. The van der Waals surface area contributed by atoms with Crippen molar-refractivity contribution < 1.29 is 25.2 Å². The maximum atomic E-state index is 10.7. The lowest BCUT2D eigenvalue weighted by atomic mass is 10.1. The number of nitrogens with one attached hydrogen (secondary N) is 1. The van der Waals surface area contributed by atoms with Crippen molar-refractivity contribution in [3.05, 3.63) is 12.2 Å². The lowest BCUT2D eigenvalue weighted by Gasteiger charge is -2.18. The summed E-state index contributed by atoms with van der Waals surface area (Å²) in [6.07, 6.45) is 1.44. The van der Waals surface area contributed by atoms with Crippen LogP contribution in [0.2, 0.25) is 0 Å². The summed E-state index contributed by atoms with van der Waals surface area (Å²) in [7, 11) is 0. The standard InChI is InChI=1S/C8H15NO5/c10-3-1-2-7(13)6(4-11)9-8(14)5-12/h1-2,6-7,10-13H,3-5H2,(H,9,14). The van der Waals surface area contributed by atoms with Gasteiger partial charge in [-0.3, -0.25) is 4.79 Å². The molecule has 0 bridgehead atoms. The first-order valence-corrected chi connectivity index (χ1v) is 4.12. The smallest absolute Gasteiger partial charge is 0.246 e. The van der Waals surface area contributed by atoms with Crippen molar-refractivity contribution in [3.63, 3.8) is 0 Å². The second kappa shape index (κ2) is 7.45. The quantitative estimate of drug-likeness (QED) is 0.305. The zero-order valence-electron chi connectivity index (χ0n) is 7.63. The predicted molar refractivity (Wildman–Crippen MR) is 48.3 cm³/mol. The summed E-state index contributed by atoms with van der Waals surface area (Å²) in [5, 5.41) is 37.1. The number of hydrogen-bond acceptors (Lipinski definition) is 5. The van der Waals surface area contributed by atoms with E-state index in [1.807, 2.05) is 0 Å². The topological polar surface area (TPSA) is 110 Å². The van der Waals surface area contributed by atoms with Crippen molar-refractivity contribution in [1.82, 2.24) is 5.32 Å². The van der Waals surface area contributed by atoms with Crippen molar-refractivity contribution in [2.24, 2.45) is 0 Å². The Morgan fingerprint density at radius 1 is 1.36 bits per heavy atom. The van der Waals surface area contributed by atoms with Gasteiger partial charge in [0, 0.05) is 0 Å². The molecule has 0 spiro atoms. The highest BCUT2D eigenvalue weighted by Gasteiger charge is 2.17. The fourth-order valence-corrected chi connectivity index (χ4v) is 0.826. The fraction of sp³-hybridized carbons (Fsp3) is 0.625. The molecule has 2 atom stereocenters. The third-order valence-corrected chi connectivity index (χ3v) is 1.54.